The van der Waals surface area contributed by atoms with Crippen molar-refractivity contribution in [2.75, 3.05) is 7.11 Å². The summed E-state index contributed by atoms with van der Waals surface area (Å²) in [5.74, 6) is -1.20. The summed E-state index contributed by atoms with van der Waals surface area (Å²) in [6, 6.07) is 8.16. The van der Waals surface area contributed by atoms with E-state index in [2.05, 4.69) is 5.32 Å². The van der Waals surface area contributed by atoms with Crippen LogP contribution in [0.4, 0.5) is 4.79 Å². The van der Waals surface area contributed by atoms with Crippen molar-refractivity contribution in [1.82, 2.24) is 5.32 Å². The number of ether oxygens (including phenoxy) is 2. The summed E-state index contributed by atoms with van der Waals surface area (Å²) >= 11 is 0. The molecule has 1 rings (SSSR count). The quantitative estimate of drug-likeness (QED) is 0.354. The van der Waals surface area contributed by atoms with Crippen molar-refractivity contribution in [3.8, 4) is 0 Å². The zero-order valence-electron chi connectivity index (χ0n) is 21.4. The van der Waals surface area contributed by atoms with Gasteiger partial charge in [0.15, 0.2) is 0 Å². The van der Waals surface area contributed by atoms with Crippen LogP contribution in [-0.4, -0.2) is 47.0 Å². The molecular weight excluding hydrogens is 445 g/mol. The second-order valence-corrected chi connectivity index (χ2v) is 12.6. The van der Waals surface area contributed by atoms with Crippen LogP contribution in [0.25, 0.3) is 0 Å². The molecule has 0 aliphatic carbocycles. The average molecular weight is 488 g/mol. The molecule has 1 amide bonds. The number of carbonyl (C=O) groups is 2. The number of methoxy groups -OCH3 is 1. The molecule has 1 aromatic rings. The zero-order valence-corrected chi connectivity index (χ0v) is 22.4. The normalized spacial score (nSPS) is 15.8. The first-order valence-electron chi connectivity index (χ1n) is 11.3. The van der Waals surface area contributed by atoms with Crippen molar-refractivity contribution in [2.45, 2.75) is 91.3 Å². The van der Waals surface area contributed by atoms with Gasteiger partial charge in [-0.1, -0.05) is 0 Å². The van der Waals surface area contributed by atoms with Crippen LogP contribution in [0.1, 0.15) is 67.4 Å². The summed E-state index contributed by atoms with van der Waals surface area (Å²) in [6.07, 6.45) is -0.292. The molecule has 0 aromatic heterocycles. The van der Waals surface area contributed by atoms with Gasteiger partial charge in [-0.25, -0.2) is 0 Å². The number of esters is 1. The van der Waals surface area contributed by atoms with E-state index in [4.69, 9.17) is 18.5 Å². The van der Waals surface area contributed by atoms with E-state index < -0.39 is 48.8 Å². The molecule has 0 bridgehead atoms. The molecule has 0 fully saturated rings. The Hall–Kier alpha value is -1.73. The van der Waals surface area contributed by atoms with Crippen molar-refractivity contribution in [2.24, 2.45) is 5.92 Å². The predicted molar refractivity (Wildman–Crippen MR) is 131 cm³/mol. The third-order valence-electron chi connectivity index (χ3n) is 4.91. The van der Waals surface area contributed by atoms with Crippen LogP contribution in [0.5, 0.6) is 0 Å². The molecule has 0 spiro atoms. The Labute approximate surface area is 198 Å². The Balaban J connectivity index is 3.14. The van der Waals surface area contributed by atoms with Crippen molar-refractivity contribution < 1.29 is 33.0 Å². The molecule has 0 heterocycles. The second-order valence-electron chi connectivity index (χ2n) is 10.1. The summed E-state index contributed by atoms with van der Waals surface area (Å²) in [5.41, 5.74) is -1.08. The molecule has 3 atom stereocenters. The fourth-order valence-corrected chi connectivity index (χ4v) is 7.14. The van der Waals surface area contributed by atoms with E-state index in [1.807, 2.05) is 78.8 Å². The number of hydrogen-bond donors (Lipinski definition) is 2. The first kappa shape index (κ1) is 29.3. The first-order chi connectivity index (χ1) is 15.1. The summed E-state index contributed by atoms with van der Waals surface area (Å²) in [7, 11) is -2.61. The zero-order chi connectivity index (χ0) is 25.4. The number of carbonyl (C=O) groups excluding carboxylic acids is 2. The van der Waals surface area contributed by atoms with Crippen molar-refractivity contribution >= 4 is 20.0 Å². The molecule has 0 aliphatic heterocycles. The molecule has 1 unspecified atom stereocenters. The molecule has 0 aliphatic rings. The molecule has 0 saturated carbocycles. The van der Waals surface area contributed by atoms with Gasteiger partial charge in [-0.05, 0) is 0 Å². The second kappa shape index (κ2) is 12.1. The molecule has 33 heavy (non-hydrogen) atoms. The van der Waals surface area contributed by atoms with E-state index in [1.54, 1.807) is 6.92 Å². The van der Waals surface area contributed by atoms with Gasteiger partial charge in [-0.2, -0.15) is 0 Å². The van der Waals surface area contributed by atoms with Gasteiger partial charge >= 0.3 is 199 Å². The topological polar surface area (TPSA) is 103 Å². The van der Waals surface area contributed by atoms with Gasteiger partial charge in [0.25, 0.3) is 0 Å². The van der Waals surface area contributed by atoms with Gasteiger partial charge in [0.2, 0.25) is 0 Å². The van der Waals surface area contributed by atoms with Crippen LogP contribution >= 0.6 is 7.94 Å². The van der Waals surface area contributed by atoms with Crippen LogP contribution in [-0.2, 0) is 29.9 Å². The maximum atomic E-state index is 12.6. The predicted octanol–water partition coefficient (Wildman–Crippen LogP) is 4.99. The van der Waals surface area contributed by atoms with E-state index in [9.17, 15) is 14.5 Å². The molecule has 1 aromatic carbocycles. The molecule has 8 nitrogen and oxygen atoms in total. The summed E-state index contributed by atoms with van der Waals surface area (Å²) < 4.78 is 22.5. The number of amides is 1. The summed E-state index contributed by atoms with van der Waals surface area (Å²) in [6.45, 7) is 14.7. The fourth-order valence-electron chi connectivity index (χ4n) is 3.67. The van der Waals surface area contributed by atoms with Crippen molar-refractivity contribution in [3.05, 3.63) is 35.9 Å². The van der Waals surface area contributed by atoms with Crippen LogP contribution in [0.3, 0.4) is 0 Å². The average Bonchev–Trinajstić information content (AvgIpc) is 2.68. The first-order valence-corrected chi connectivity index (χ1v) is 13.1. The van der Waals surface area contributed by atoms with E-state index in [0.717, 1.165) is 5.56 Å². The van der Waals surface area contributed by atoms with E-state index >= 15 is 0 Å². The fraction of sp³-hybridized carbons (Fsp3) is 0.667. The maximum absolute atomic E-state index is 12.6. The number of nitrogens with one attached hydrogen (secondary N) is 1. The Kier molecular flexibility index (Phi) is 10.8. The SMILES string of the molecule is CCC([C@H](C)[C@H](NC(=O)OCc1ccccc1)C(=O)OC)[PH](O)(OC(C)(C)C)OC(C)(C)C. The molecule has 9 heteroatoms. The van der Waals surface area contributed by atoms with E-state index in [0.29, 0.717) is 6.42 Å². The third kappa shape index (κ3) is 9.97. The molecule has 2 N–H and O–H groups in total. The molecular formula is C24H42NO7P. The van der Waals surface area contributed by atoms with Gasteiger partial charge in [0.05, 0.1) is 0 Å². The minimum atomic E-state index is -3.86. The molecule has 190 valence electrons. The van der Waals surface area contributed by atoms with Gasteiger partial charge in [0.1, 0.15) is 0 Å². The van der Waals surface area contributed by atoms with Crippen LogP contribution in [0.2, 0.25) is 0 Å². The third-order valence-corrected chi connectivity index (χ3v) is 8.60. The monoisotopic (exact) mass is 487 g/mol. The Morgan fingerprint density at radius 3 is 1.97 bits per heavy atom. The Morgan fingerprint density at radius 2 is 1.55 bits per heavy atom. The van der Waals surface area contributed by atoms with Crippen molar-refractivity contribution in [3.63, 3.8) is 0 Å². The molecule has 0 radical (unpaired) electrons. The Morgan fingerprint density at radius 1 is 1.03 bits per heavy atom. The summed E-state index contributed by atoms with van der Waals surface area (Å²) in [4.78, 5) is 36.9. The van der Waals surface area contributed by atoms with Crippen molar-refractivity contribution in [1.29, 1.82) is 0 Å². The number of benzene rings is 1. The number of alkyl carbamates (subject to hydrolysis) is 1. The summed E-state index contributed by atoms with van der Waals surface area (Å²) in [5, 5.41) is 2.61. The molecule has 0 saturated heterocycles. The van der Waals surface area contributed by atoms with E-state index in [-0.39, 0.29) is 6.61 Å². The van der Waals surface area contributed by atoms with Gasteiger partial charge < -0.3 is 0 Å². The number of rotatable bonds is 10. The van der Waals surface area contributed by atoms with Crippen LogP contribution in [0.15, 0.2) is 30.3 Å². The standard InChI is InChI=1S/C24H42NO7P/c1-10-19(33(28,31-23(3,4)5)32-24(6,7)8)17(2)20(21(26)29-9)25-22(27)30-16-18-14-12-11-13-15-18/h11-15,17,19-20,28,33H,10,16H2,1-9H3,(H,25,27)/t17-,19?,20-/m0/s1. The van der Waals surface area contributed by atoms with Crippen LogP contribution < -0.4 is 5.32 Å². The van der Waals surface area contributed by atoms with Gasteiger partial charge in [0, 0.05) is 0 Å². The minimum absolute atomic E-state index is 0.0606. The van der Waals surface area contributed by atoms with Gasteiger partial charge in [-0.15, -0.1) is 0 Å². The van der Waals surface area contributed by atoms with E-state index in [1.165, 1.54) is 7.11 Å². The van der Waals surface area contributed by atoms with Gasteiger partial charge in [-0.3, -0.25) is 0 Å². The Bertz CT molecular complexity index is 742. The number of hydrogen-bond acceptors (Lipinski definition) is 7. The van der Waals surface area contributed by atoms with Crippen LogP contribution in [0, 0.1) is 5.92 Å².